The summed E-state index contributed by atoms with van der Waals surface area (Å²) >= 11 is 1.11. The number of nitrogens with zero attached hydrogens (tertiary/aromatic N) is 2. The Hall–Kier alpha value is -1.33. The van der Waals surface area contributed by atoms with E-state index in [1.807, 2.05) is 18.0 Å². The van der Waals surface area contributed by atoms with Crippen LogP contribution in [-0.4, -0.2) is 39.4 Å². The molecule has 0 N–H and O–H groups in total. The average Bonchev–Trinajstić information content (AvgIpc) is 2.60. The van der Waals surface area contributed by atoms with Crippen molar-refractivity contribution in [3.05, 3.63) is 35.4 Å². The zero-order valence-electron chi connectivity index (χ0n) is 14.8. The summed E-state index contributed by atoms with van der Waals surface area (Å²) in [5.74, 6) is -0.108. The van der Waals surface area contributed by atoms with Crippen molar-refractivity contribution in [3.8, 4) is 0 Å². The van der Waals surface area contributed by atoms with Gasteiger partial charge in [-0.15, -0.1) is 0 Å². The minimum atomic E-state index is -0.652. The van der Waals surface area contributed by atoms with E-state index in [-0.39, 0.29) is 16.6 Å². The summed E-state index contributed by atoms with van der Waals surface area (Å²) < 4.78 is -0.652. The van der Waals surface area contributed by atoms with E-state index in [9.17, 15) is 9.59 Å². The number of rotatable bonds is 4. The van der Waals surface area contributed by atoms with Gasteiger partial charge in [0.1, 0.15) is 0 Å². The number of carbonyl (C=O) groups is 2. The molecule has 5 heteroatoms. The molecule has 0 atom stereocenters. The van der Waals surface area contributed by atoms with Gasteiger partial charge in [-0.1, -0.05) is 45.0 Å². The standard InChI is InChI=1S/C18H26N2O2S/c1-17(2,3)14-10-8-7-9-13(14)11-19(6)12-20-15(21)18(4,5)23-16(20)22/h7-10H,11-12H2,1-6H3. The van der Waals surface area contributed by atoms with Crippen LogP contribution >= 0.6 is 11.8 Å². The summed E-state index contributed by atoms with van der Waals surface area (Å²) in [4.78, 5) is 27.7. The van der Waals surface area contributed by atoms with Crippen LogP contribution in [0.4, 0.5) is 4.79 Å². The Balaban J connectivity index is 2.11. The Labute approximate surface area is 143 Å². The Morgan fingerprint density at radius 2 is 1.78 bits per heavy atom. The number of carbonyl (C=O) groups excluding carboxylic acids is 2. The third-order valence-electron chi connectivity index (χ3n) is 3.97. The van der Waals surface area contributed by atoms with Gasteiger partial charge in [-0.25, -0.2) is 0 Å². The molecule has 1 saturated heterocycles. The van der Waals surface area contributed by atoms with Gasteiger partial charge in [0.05, 0.1) is 11.4 Å². The van der Waals surface area contributed by atoms with Crippen LogP contribution in [-0.2, 0) is 16.8 Å². The fourth-order valence-electron chi connectivity index (χ4n) is 2.82. The molecule has 0 aromatic heterocycles. The molecule has 1 aromatic rings. The zero-order chi connectivity index (χ0) is 17.4. The molecule has 2 amide bonds. The van der Waals surface area contributed by atoms with Crippen LogP contribution in [0.2, 0.25) is 0 Å². The van der Waals surface area contributed by atoms with Gasteiger partial charge in [-0.2, -0.15) is 0 Å². The van der Waals surface area contributed by atoms with Crippen LogP contribution in [0.5, 0.6) is 0 Å². The molecule has 1 heterocycles. The molecule has 1 aliphatic rings. The summed E-state index contributed by atoms with van der Waals surface area (Å²) in [7, 11) is 1.94. The van der Waals surface area contributed by atoms with Crippen LogP contribution in [0.1, 0.15) is 45.7 Å². The first-order chi connectivity index (χ1) is 10.5. The molecule has 4 nitrogen and oxygen atoms in total. The van der Waals surface area contributed by atoms with E-state index in [0.717, 1.165) is 11.8 Å². The maximum atomic E-state index is 12.3. The van der Waals surface area contributed by atoms with E-state index in [0.29, 0.717) is 13.2 Å². The Bertz CT molecular complexity index is 620. The monoisotopic (exact) mass is 334 g/mol. The van der Waals surface area contributed by atoms with Crippen molar-refractivity contribution < 1.29 is 9.59 Å². The smallest absolute Gasteiger partial charge is 0.284 e. The molecule has 0 spiro atoms. The summed E-state index contributed by atoms with van der Waals surface area (Å²) in [6.45, 7) is 11.2. The number of benzene rings is 1. The van der Waals surface area contributed by atoms with Gasteiger partial charge in [0.2, 0.25) is 5.91 Å². The van der Waals surface area contributed by atoms with Crippen molar-refractivity contribution in [3.63, 3.8) is 0 Å². The highest BCUT2D eigenvalue weighted by atomic mass is 32.2. The number of imide groups is 1. The number of amides is 2. The van der Waals surface area contributed by atoms with E-state index in [1.54, 1.807) is 13.8 Å². The van der Waals surface area contributed by atoms with Crippen molar-refractivity contribution in [1.29, 1.82) is 0 Å². The van der Waals surface area contributed by atoms with E-state index in [4.69, 9.17) is 0 Å². The molecular formula is C18H26N2O2S. The normalized spacial score (nSPS) is 18.1. The van der Waals surface area contributed by atoms with E-state index in [2.05, 4.69) is 39.0 Å². The number of thioether (sulfide) groups is 1. The number of hydrogen-bond donors (Lipinski definition) is 0. The second kappa shape index (κ2) is 6.29. The quantitative estimate of drug-likeness (QED) is 0.839. The van der Waals surface area contributed by atoms with Gasteiger partial charge in [0.25, 0.3) is 5.24 Å². The first-order valence-corrected chi connectivity index (χ1v) is 8.66. The third-order valence-corrected chi connectivity index (χ3v) is 5.05. The molecule has 1 fully saturated rings. The molecule has 2 rings (SSSR count). The molecule has 0 bridgehead atoms. The van der Waals surface area contributed by atoms with Crippen molar-refractivity contribution in [2.75, 3.05) is 13.7 Å². The molecular weight excluding hydrogens is 308 g/mol. The van der Waals surface area contributed by atoms with Gasteiger partial charge >= 0.3 is 0 Å². The summed E-state index contributed by atoms with van der Waals surface area (Å²) in [5.41, 5.74) is 2.59. The van der Waals surface area contributed by atoms with Crippen LogP contribution < -0.4 is 0 Å². The van der Waals surface area contributed by atoms with Crippen LogP contribution in [0.15, 0.2) is 24.3 Å². The first kappa shape index (κ1) is 18.0. The van der Waals surface area contributed by atoms with Gasteiger partial charge < -0.3 is 0 Å². The maximum Gasteiger partial charge on any atom is 0.290 e. The third kappa shape index (κ3) is 3.96. The molecule has 23 heavy (non-hydrogen) atoms. The minimum Gasteiger partial charge on any atom is -0.284 e. The molecule has 0 aliphatic carbocycles. The second-order valence-corrected chi connectivity index (χ2v) is 9.25. The molecule has 0 unspecified atom stereocenters. The largest absolute Gasteiger partial charge is 0.290 e. The lowest BCUT2D eigenvalue weighted by molar-refractivity contribution is -0.130. The van der Waals surface area contributed by atoms with E-state index >= 15 is 0 Å². The summed E-state index contributed by atoms with van der Waals surface area (Å²) in [6.07, 6.45) is 0. The summed E-state index contributed by atoms with van der Waals surface area (Å²) in [5, 5.41) is -0.157. The van der Waals surface area contributed by atoms with Gasteiger partial charge in [-0.05, 0) is 49.2 Å². The topological polar surface area (TPSA) is 40.6 Å². The van der Waals surface area contributed by atoms with E-state index in [1.165, 1.54) is 16.0 Å². The van der Waals surface area contributed by atoms with Gasteiger partial charge in [-0.3, -0.25) is 19.4 Å². The molecule has 0 radical (unpaired) electrons. The fourth-order valence-corrected chi connectivity index (χ4v) is 3.70. The highest BCUT2D eigenvalue weighted by molar-refractivity contribution is 8.16. The molecule has 0 saturated carbocycles. The predicted molar refractivity (Wildman–Crippen MR) is 95.4 cm³/mol. The Morgan fingerprint density at radius 1 is 1.17 bits per heavy atom. The SMILES string of the molecule is CN(Cc1ccccc1C(C)(C)C)CN1C(=O)SC(C)(C)C1=O. The maximum absolute atomic E-state index is 12.3. The van der Waals surface area contributed by atoms with Crippen molar-refractivity contribution in [2.45, 2.75) is 51.3 Å². The van der Waals surface area contributed by atoms with Gasteiger partial charge in [0.15, 0.2) is 0 Å². The van der Waals surface area contributed by atoms with Gasteiger partial charge in [0, 0.05) is 6.54 Å². The minimum absolute atomic E-state index is 0.0640. The second-order valence-electron chi connectivity index (χ2n) is 7.67. The highest BCUT2D eigenvalue weighted by Gasteiger charge is 2.46. The van der Waals surface area contributed by atoms with Crippen LogP contribution in [0.3, 0.4) is 0 Å². The van der Waals surface area contributed by atoms with Crippen molar-refractivity contribution >= 4 is 22.9 Å². The van der Waals surface area contributed by atoms with Crippen molar-refractivity contribution in [2.24, 2.45) is 0 Å². The zero-order valence-corrected chi connectivity index (χ0v) is 15.7. The molecule has 126 valence electrons. The highest BCUT2D eigenvalue weighted by Crippen LogP contribution is 2.36. The van der Waals surface area contributed by atoms with E-state index < -0.39 is 4.75 Å². The first-order valence-electron chi connectivity index (χ1n) is 7.84. The number of hydrogen-bond acceptors (Lipinski definition) is 4. The molecule has 1 aliphatic heterocycles. The predicted octanol–water partition coefficient (Wildman–Crippen LogP) is 3.85. The van der Waals surface area contributed by atoms with Crippen LogP contribution in [0, 0.1) is 0 Å². The lowest BCUT2D eigenvalue weighted by Gasteiger charge is -2.27. The Morgan fingerprint density at radius 3 is 2.30 bits per heavy atom. The lowest BCUT2D eigenvalue weighted by Crippen LogP contribution is -2.42. The summed E-state index contributed by atoms with van der Waals surface area (Å²) in [6, 6.07) is 8.35. The fraction of sp³-hybridized carbons (Fsp3) is 0.556. The lowest BCUT2D eigenvalue weighted by atomic mass is 9.84. The van der Waals surface area contributed by atoms with Crippen molar-refractivity contribution in [1.82, 2.24) is 9.80 Å². The van der Waals surface area contributed by atoms with Crippen LogP contribution in [0.25, 0.3) is 0 Å². The Kier molecular flexibility index (Phi) is 4.92. The average molecular weight is 334 g/mol. The molecule has 1 aromatic carbocycles.